The summed E-state index contributed by atoms with van der Waals surface area (Å²) < 4.78 is 19.3. The maximum Gasteiger partial charge on any atom is 0.498 e. The number of hydrogen-bond donors (Lipinski definition) is 1. The quantitative estimate of drug-likeness (QED) is 0.796. The molecule has 8 heteroatoms. The average Bonchev–Trinajstić information content (AvgIpc) is 3.08. The number of carbonyl (C=O) groups excluding carboxylic acids is 1. The zero-order valence-electron chi connectivity index (χ0n) is 18.3. The van der Waals surface area contributed by atoms with Gasteiger partial charge >= 0.3 is 13.2 Å². The van der Waals surface area contributed by atoms with Gasteiger partial charge in [-0.05, 0) is 66.2 Å². The van der Waals surface area contributed by atoms with Crippen molar-refractivity contribution in [1.29, 1.82) is 0 Å². The molecule has 0 spiro atoms. The fraction of sp³-hybridized carbons (Fsp3) is 0.524. The van der Waals surface area contributed by atoms with Crippen LogP contribution >= 0.6 is 0 Å². The van der Waals surface area contributed by atoms with Gasteiger partial charge in [0.05, 0.1) is 17.7 Å². The topological polar surface area (TPSA) is 74.6 Å². The van der Waals surface area contributed by atoms with Crippen molar-refractivity contribution < 1.29 is 18.8 Å². The average molecular weight is 399 g/mol. The number of benzene rings is 1. The Kier molecular flexibility index (Phi) is 5.53. The first-order valence-electron chi connectivity index (χ1n) is 9.82. The number of amides is 1. The predicted molar refractivity (Wildman–Crippen MR) is 113 cm³/mol. The molecule has 3 rings (SSSR count). The van der Waals surface area contributed by atoms with E-state index in [4.69, 9.17) is 14.0 Å². The normalized spacial score (nSPS) is 18.0. The summed E-state index contributed by atoms with van der Waals surface area (Å²) >= 11 is 0. The highest BCUT2D eigenvalue weighted by molar-refractivity contribution is 6.62. The second-order valence-corrected chi connectivity index (χ2v) is 9.39. The van der Waals surface area contributed by atoms with Crippen molar-refractivity contribution >= 4 is 24.4 Å². The zero-order valence-corrected chi connectivity index (χ0v) is 18.3. The van der Waals surface area contributed by atoms with Crippen molar-refractivity contribution in [3.63, 3.8) is 0 Å². The molecular weight excluding hydrogens is 369 g/mol. The van der Waals surface area contributed by atoms with Gasteiger partial charge in [-0.1, -0.05) is 12.1 Å². The van der Waals surface area contributed by atoms with Crippen LogP contribution in [-0.4, -0.2) is 39.8 Å². The molecule has 1 aromatic heterocycles. The molecule has 29 heavy (non-hydrogen) atoms. The van der Waals surface area contributed by atoms with Crippen LogP contribution in [0, 0.1) is 0 Å². The van der Waals surface area contributed by atoms with Crippen molar-refractivity contribution in [3.8, 4) is 0 Å². The fourth-order valence-corrected chi connectivity index (χ4v) is 2.92. The molecule has 1 N–H and O–H groups in total. The van der Waals surface area contributed by atoms with Gasteiger partial charge in [0.1, 0.15) is 5.60 Å². The van der Waals surface area contributed by atoms with E-state index in [1.165, 1.54) is 0 Å². The van der Waals surface area contributed by atoms with Crippen LogP contribution in [0.3, 0.4) is 0 Å². The first kappa shape index (κ1) is 21.4. The van der Waals surface area contributed by atoms with Crippen molar-refractivity contribution in [2.45, 2.75) is 71.8 Å². The minimum Gasteiger partial charge on any atom is -0.444 e. The Morgan fingerprint density at radius 2 is 1.86 bits per heavy atom. The second-order valence-electron chi connectivity index (χ2n) is 9.39. The first-order chi connectivity index (χ1) is 13.3. The van der Waals surface area contributed by atoms with Gasteiger partial charge < -0.3 is 14.0 Å². The number of carbonyl (C=O) groups is 1. The van der Waals surface area contributed by atoms with Gasteiger partial charge in [-0.25, -0.2) is 4.79 Å². The van der Waals surface area contributed by atoms with Crippen LogP contribution in [0.2, 0.25) is 0 Å². The molecule has 0 bridgehead atoms. The summed E-state index contributed by atoms with van der Waals surface area (Å²) in [5.74, 6) is 0. The third-order valence-corrected chi connectivity index (χ3v) is 5.10. The van der Waals surface area contributed by atoms with Crippen molar-refractivity contribution in [3.05, 3.63) is 42.2 Å². The number of ether oxygens (including phenoxy) is 1. The first-order valence-corrected chi connectivity index (χ1v) is 9.82. The summed E-state index contributed by atoms with van der Waals surface area (Å²) in [5.41, 5.74) is 1.24. The summed E-state index contributed by atoms with van der Waals surface area (Å²) in [5, 5.41) is 7.20. The van der Waals surface area contributed by atoms with Gasteiger partial charge in [0.15, 0.2) is 0 Å². The number of nitrogens with zero attached hydrogens (tertiary/aromatic N) is 2. The maximum atomic E-state index is 12.0. The van der Waals surface area contributed by atoms with Crippen LogP contribution in [0.15, 0.2) is 36.7 Å². The molecule has 0 atom stereocenters. The fourth-order valence-electron chi connectivity index (χ4n) is 2.92. The van der Waals surface area contributed by atoms with Gasteiger partial charge in [0.25, 0.3) is 0 Å². The number of hydrogen-bond acceptors (Lipinski definition) is 5. The lowest BCUT2D eigenvalue weighted by Gasteiger charge is -2.32. The molecule has 2 heterocycles. The summed E-state index contributed by atoms with van der Waals surface area (Å²) in [4.78, 5) is 12.0. The third kappa shape index (κ3) is 5.19. The molecule has 0 unspecified atom stereocenters. The number of anilines is 1. The smallest absolute Gasteiger partial charge is 0.444 e. The molecule has 1 saturated heterocycles. The maximum absolute atomic E-state index is 12.0. The molecule has 1 aromatic carbocycles. The standard InChI is InChI=1S/C21H30BN3O4/c1-19(2,3)27-18(26)24-17-10-8-9-15(11-17)13-25-14-16(12-23-25)22-28-20(4,5)21(6,7)29-22/h8-12,14H,13H2,1-7H3,(H,24,26). The molecule has 7 nitrogen and oxygen atoms in total. The lowest BCUT2D eigenvalue weighted by molar-refractivity contribution is 0.00578. The Morgan fingerprint density at radius 1 is 1.21 bits per heavy atom. The van der Waals surface area contributed by atoms with Crippen LogP contribution in [-0.2, 0) is 20.6 Å². The molecule has 1 fully saturated rings. The van der Waals surface area contributed by atoms with Crippen molar-refractivity contribution in [2.75, 3.05) is 5.32 Å². The Bertz CT molecular complexity index is 870. The SMILES string of the molecule is CC(C)(C)OC(=O)Nc1cccc(Cn2cc(B3OC(C)(C)C(C)(C)O3)cn2)c1. The Hall–Kier alpha value is -2.32. The number of aromatic nitrogens is 2. The minimum absolute atomic E-state index is 0.387. The van der Waals surface area contributed by atoms with Gasteiger partial charge in [0.2, 0.25) is 0 Å². The largest absolute Gasteiger partial charge is 0.498 e. The highest BCUT2D eigenvalue weighted by Gasteiger charge is 2.52. The molecule has 1 aliphatic heterocycles. The highest BCUT2D eigenvalue weighted by atomic mass is 16.7. The summed E-state index contributed by atoms with van der Waals surface area (Å²) in [7, 11) is -0.436. The molecule has 156 valence electrons. The Balaban J connectivity index is 1.65. The van der Waals surface area contributed by atoms with Gasteiger partial charge in [-0.3, -0.25) is 10.00 Å². The predicted octanol–water partition coefficient (Wildman–Crippen LogP) is 3.58. The van der Waals surface area contributed by atoms with E-state index in [-0.39, 0.29) is 11.2 Å². The van der Waals surface area contributed by atoms with Gasteiger partial charge in [-0.15, -0.1) is 0 Å². The van der Waals surface area contributed by atoms with E-state index in [1.807, 2.05) is 83.6 Å². The summed E-state index contributed by atoms with van der Waals surface area (Å²) in [6.45, 7) is 14.2. The number of nitrogens with one attached hydrogen (secondary N) is 1. The number of rotatable bonds is 4. The zero-order chi connectivity index (χ0) is 21.4. The monoisotopic (exact) mass is 399 g/mol. The van der Waals surface area contributed by atoms with Gasteiger partial charge in [-0.2, -0.15) is 5.10 Å². The minimum atomic E-state index is -0.541. The summed E-state index contributed by atoms with van der Waals surface area (Å²) in [6.07, 6.45) is 3.22. The van der Waals surface area contributed by atoms with Gasteiger partial charge in [0, 0.05) is 23.5 Å². The van der Waals surface area contributed by atoms with Crippen molar-refractivity contribution in [2.24, 2.45) is 0 Å². The molecule has 0 aliphatic carbocycles. The van der Waals surface area contributed by atoms with E-state index in [9.17, 15) is 4.79 Å². The van der Waals surface area contributed by atoms with Crippen LogP contribution in [0.25, 0.3) is 0 Å². The lowest BCUT2D eigenvalue weighted by atomic mass is 9.82. The second kappa shape index (κ2) is 7.50. The molecule has 0 saturated carbocycles. The third-order valence-electron chi connectivity index (χ3n) is 5.10. The van der Waals surface area contributed by atoms with E-state index in [0.717, 1.165) is 11.0 Å². The summed E-state index contributed by atoms with van der Waals surface area (Å²) in [6, 6.07) is 7.60. The van der Waals surface area contributed by atoms with E-state index in [1.54, 1.807) is 6.20 Å². The van der Waals surface area contributed by atoms with E-state index in [2.05, 4.69) is 10.4 Å². The van der Waals surface area contributed by atoms with E-state index in [0.29, 0.717) is 12.2 Å². The van der Waals surface area contributed by atoms with E-state index < -0.39 is 18.8 Å². The highest BCUT2D eigenvalue weighted by Crippen LogP contribution is 2.36. The van der Waals surface area contributed by atoms with Crippen LogP contribution < -0.4 is 10.8 Å². The van der Waals surface area contributed by atoms with Crippen LogP contribution in [0.1, 0.15) is 54.0 Å². The van der Waals surface area contributed by atoms with Crippen LogP contribution in [0.5, 0.6) is 0 Å². The molecule has 0 radical (unpaired) electrons. The molecular formula is C21H30BN3O4. The Labute approximate surface area is 172 Å². The molecule has 1 aliphatic rings. The van der Waals surface area contributed by atoms with Crippen LogP contribution in [0.4, 0.5) is 10.5 Å². The Morgan fingerprint density at radius 3 is 2.48 bits per heavy atom. The lowest BCUT2D eigenvalue weighted by Crippen LogP contribution is -2.41. The van der Waals surface area contributed by atoms with E-state index >= 15 is 0 Å². The molecule has 2 aromatic rings. The van der Waals surface area contributed by atoms with Crippen molar-refractivity contribution in [1.82, 2.24) is 9.78 Å². The molecule has 1 amide bonds.